The number of fused-ring (bicyclic) bond motifs is 2. The van der Waals surface area contributed by atoms with Gasteiger partial charge in [0.15, 0.2) is 11.6 Å². The quantitative estimate of drug-likeness (QED) is 0.564. The van der Waals surface area contributed by atoms with Crippen LogP contribution in [0.25, 0.3) is 0 Å². The molecule has 0 spiro atoms. The summed E-state index contributed by atoms with van der Waals surface area (Å²) in [6.45, 7) is 0. The minimum atomic E-state index is -1.35. The van der Waals surface area contributed by atoms with E-state index in [2.05, 4.69) is 0 Å². The lowest BCUT2D eigenvalue weighted by Crippen LogP contribution is -2.44. The van der Waals surface area contributed by atoms with Gasteiger partial charge in [0, 0.05) is 23.7 Å². The molecule has 2 saturated carbocycles. The Hall–Kier alpha value is -2.77. The SMILES string of the molecule is O=C(O)c1ccc2c(c1F)O[C@H]1C[C@@H](O)[C@H](/C=C/C(O)C3(c4ccc(F)cc4)CCC3)[C@H]1CC2. The normalized spacial score (nSPS) is 28.4. The average Bonchev–Trinajstić information content (AvgIpc) is 2.94. The van der Waals surface area contributed by atoms with Crippen molar-refractivity contribution < 1.29 is 33.6 Å². The molecule has 5 atom stereocenters. The minimum absolute atomic E-state index is 0.0333. The zero-order valence-electron chi connectivity index (χ0n) is 18.7. The highest BCUT2D eigenvalue weighted by molar-refractivity contribution is 5.88. The van der Waals surface area contributed by atoms with Crippen LogP contribution in [0.5, 0.6) is 5.75 Å². The third-order valence-corrected chi connectivity index (χ3v) is 8.06. The molecule has 34 heavy (non-hydrogen) atoms. The van der Waals surface area contributed by atoms with E-state index in [0.29, 0.717) is 24.8 Å². The van der Waals surface area contributed by atoms with Gasteiger partial charge in [-0.3, -0.25) is 0 Å². The summed E-state index contributed by atoms with van der Waals surface area (Å²) in [7, 11) is 0. The maximum atomic E-state index is 14.8. The molecule has 1 unspecified atom stereocenters. The number of aromatic carboxylic acids is 1. The number of hydrogen-bond donors (Lipinski definition) is 3. The molecule has 1 aliphatic heterocycles. The largest absolute Gasteiger partial charge is 0.487 e. The van der Waals surface area contributed by atoms with Crippen molar-refractivity contribution in [1.29, 1.82) is 0 Å². The number of hydrogen-bond acceptors (Lipinski definition) is 4. The molecule has 1 heterocycles. The molecule has 180 valence electrons. The molecule has 2 aromatic carbocycles. The van der Waals surface area contributed by atoms with E-state index in [1.165, 1.54) is 18.2 Å². The van der Waals surface area contributed by atoms with Crippen LogP contribution in [-0.4, -0.2) is 39.6 Å². The average molecular weight is 471 g/mol. The van der Waals surface area contributed by atoms with E-state index in [-0.39, 0.29) is 23.4 Å². The highest BCUT2D eigenvalue weighted by Crippen LogP contribution is 2.48. The number of aliphatic hydroxyl groups is 2. The second kappa shape index (κ2) is 8.78. The molecular weight excluding hydrogens is 442 g/mol. The fourth-order valence-corrected chi connectivity index (χ4v) is 5.96. The van der Waals surface area contributed by atoms with Crippen LogP contribution in [-0.2, 0) is 11.8 Å². The number of ether oxygens (including phenoxy) is 1. The summed E-state index contributed by atoms with van der Waals surface area (Å²) in [6.07, 6.45) is 5.68. The second-order valence-electron chi connectivity index (χ2n) is 9.81. The predicted molar refractivity (Wildman–Crippen MR) is 121 cm³/mol. The van der Waals surface area contributed by atoms with E-state index >= 15 is 0 Å². The molecule has 3 N–H and O–H groups in total. The van der Waals surface area contributed by atoms with Crippen molar-refractivity contribution in [1.82, 2.24) is 0 Å². The molecule has 2 aliphatic carbocycles. The number of benzene rings is 2. The monoisotopic (exact) mass is 470 g/mol. The van der Waals surface area contributed by atoms with Gasteiger partial charge in [-0.25, -0.2) is 13.6 Å². The summed E-state index contributed by atoms with van der Waals surface area (Å²) < 4.78 is 34.2. The van der Waals surface area contributed by atoms with Crippen molar-refractivity contribution >= 4 is 5.97 Å². The first-order valence-corrected chi connectivity index (χ1v) is 11.8. The summed E-state index contributed by atoms with van der Waals surface area (Å²) in [5, 5.41) is 31.1. The van der Waals surface area contributed by atoms with Crippen LogP contribution in [0.4, 0.5) is 8.78 Å². The van der Waals surface area contributed by atoms with Gasteiger partial charge in [0.25, 0.3) is 0 Å². The van der Waals surface area contributed by atoms with Gasteiger partial charge in [-0.05, 0) is 55.0 Å². The van der Waals surface area contributed by atoms with E-state index in [1.807, 2.05) is 6.08 Å². The van der Waals surface area contributed by atoms with E-state index in [4.69, 9.17) is 4.74 Å². The van der Waals surface area contributed by atoms with Crippen LogP contribution in [0.1, 0.15) is 53.6 Å². The van der Waals surface area contributed by atoms with E-state index in [0.717, 1.165) is 24.8 Å². The van der Waals surface area contributed by atoms with Crippen molar-refractivity contribution in [3.8, 4) is 5.75 Å². The Kier molecular flexibility index (Phi) is 5.94. The lowest BCUT2D eigenvalue weighted by Gasteiger charge is -2.45. The van der Waals surface area contributed by atoms with Gasteiger partial charge in [0.05, 0.1) is 17.8 Å². The molecule has 2 aromatic rings. The smallest absolute Gasteiger partial charge is 0.338 e. The first-order chi connectivity index (χ1) is 16.3. The van der Waals surface area contributed by atoms with E-state index in [9.17, 15) is 28.9 Å². The Balaban J connectivity index is 1.36. The summed E-state index contributed by atoms with van der Waals surface area (Å²) in [5.41, 5.74) is 0.639. The van der Waals surface area contributed by atoms with Crippen LogP contribution in [0.3, 0.4) is 0 Å². The number of carboxylic acid groups (broad SMARTS) is 1. The van der Waals surface area contributed by atoms with Crippen molar-refractivity contribution in [2.24, 2.45) is 11.8 Å². The Morgan fingerprint density at radius 3 is 2.53 bits per heavy atom. The standard InChI is InChI=1S/C27H28F2O5/c28-17-6-4-16(5-7-17)27(12-1-13-27)23(31)11-10-18-19-8-2-15-3-9-20(26(32)33)24(29)25(15)34-22(19)14-21(18)30/h3-7,9-11,18-19,21-23,30-31H,1-2,8,12-14H2,(H,32,33)/b11-10+/t18-,19-,21-,22+,23?/m1/s1. The maximum Gasteiger partial charge on any atom is 0.338 e. The Labute approximate surface area is 196 Å². The molecule has 0 saturated heterocycles. The van der Waals surface area contributed by atoms with Gasteiger partial charge < -0.3 is 20.1 Å². The van der Waals surface area contributed by atoms with Gasteiger partial charge in [0.1, 0.15) is 11.9 Å². The van der Waals surface area contributed by atoms with Crippen LogP contribution in [0, 0.1) is 23.5 Å². The minimum Gasteiger partial charge on any atom is -0.487 e. The highest BCUT2D eigenvalue weighted by Gasteiger charge is 2.46. The van der Waals surface area contributed by atoms with Crippen molar-refractivity contribution in [3.63, 3.8) is 0 Å². The van der Waals surface area contributed by atoms with Crippen LogP contribution in [0.15, 0.2) is 48.6 Å². The van der Waals surface area contributed by atoms with Crippen LogP contribution >= 0.6 is 0 Å². The molecule has 0 aromatic heterocycles. The molecule has 3 aliphatic rings. The van der Waals surface area contributed by atoms with E-state index < -0.39 is 41.1 Å². The summed E-state index contributed by atoms with van der Waals surface area (Å²) >= 11 is 0. The van der Waals surface area contributed by atoms with Crippen molar-refractivity contribution in [2.75, 3.05) is 0 Å². The third-order valence-electron chi connectivity index (χ3n) is 8.06. The van der Waals surface area contributed by atoms with E-state index in [1.54, 1.807) is 24.3 Å². The Morgan fingerprint density at radius 1 is 1.15 bits per heavy atom. The molecule has 0 bridgehead atoms. The molecule has 0 radical (unpaired) electrons. The van der Waals surface area contributed by atoms with Crippen molar-refractivity contribution in [2.45, 2.75) is 62.3 Å². The fourth-order valence-electron chi connectivity index (χ4n) is 5.96. The highest BCUT2D eigenvalue weighted by atomic mass is 19.1. The maximum absolute atomic E-state index is 14.8. The molecule has 5 nitrogen and oxygen atoms in total. The Bertz CT molecular complexity index is 1110. The molecule has 0 amide bonds. The van der Waals surface area contributed by atoms with Crippen molar-refractivity contribution in [3.05, 3.63) is 76.9 Å². The second-order valence-corrected chi connectivity index (χ2v) is 9.81. The zero-order chi connectivity index (χ0) is 24.0. The van der Waals surface area contributed by atoms with Gasteiger partial charge in [0.2, 0.25) is 0 Å². The van der Waals surface area contributed by atoms with Gasteiger partial charge in [-0.1, -0.05) is 36.8 Å². The zero-order valence-corrected chi connectivity index (χ0v) is 18.7. The number of rotatable bonds is 5. The first kappa shape index (κ1) is 23.0. The first-order valence-electron chi connectivity index (χ1n) is 11.8. The topological polar surface area (TPSA) is 87.0 Å². The number of carbonyl (C=O) groups is 1. The number of halogens is 2. The number of aryl methyl sites for hydroxylation is 1. The van der Waals surface area contributed by atoms with Crippen LogP contribution < -0.4 is 4.74 Å². The summed E-state index contributed by atoms with van der Waals surface area (Å²) in [5.74, 6) is -2.94. The van der Waals surface area contributed by atoms with Gasteiger partial charge in [-0.2, -0.15) is 0 Å². The fraction of sp³-hybridized carbons (Fsp3) is 0.444. The molecular formula is C27H28F2O5. The van der Waals surface area contributed by atoms with Gasteiger partial charge in [-0.15, -0.1) is 0 Å². The lowest BCUT2D eigenvalue weighted by molar-refractivity contribution is 0.0614. The number of carboxylic acids is 1. The summed E-state index contributed by atoms with van der Waals surface area (Å²) in [6, 6.07) is 9.12. The van der Waals surface area contributed by atoms with Crippen LogP contribution in [0.2, 0.25) is 0 Å². The van der Waals surface area contributed by atoms with Gasteiger partial charge >= 0.3 is 5.97 Å². The molecule has 5 rings (SSSR count). The number of aliphatic hydroxyl groups excluding tert-OH is 2. The Morgan fingerprint density at radius 2 is 1.88 bits per heavy atom. The summed E-state index contributed by atoms with van der Waals surface area (Å²) in [4.78, 5) is 11.3. The predicted octanol–water partition coefficient (Wildman–Crippen LogP) is 4.39. The third kappa shape index (κ3) is 3.81. The molecule has 2 fully saturated rings. The molecule has 7 heteroatoms. The lowest BCUT2D eigenvalue weighted by atomic mass is 9.61.